The third-order valence-corrected chi connectivity index (χ3v) is 5.08. The van der Waals surface area contributed by atoms with E-state index in [9.17, 15) is 4.79 Å². The fraction of sp³-hybridized carbons (Fsp3) is 0.0769. The van der Waals surface area contributed by atoms with Crippen LogP contribution in [0.3, 0.4) is 0 Å². The second-order valence-electron chi connectivity index (χ2n) is 7.16. The van der Waals surface area contributed by atoms with Gasteiger partial charge in [0.15, 0.2) is 0 Å². The molecule has 1 amide bonds. The molecule has 4 aromatic rings. The molecule has 5 nitrogen and oxygen atoms in total. The van der Waals surface area contributed by atoms with Crippen molar-refractivity contribution in [2.45, 2.75) is 6.61 Å². The number of hydrogen-bond donors (Lipinski definition) is 2. The lowest BCUT2D eigenvalue weighted by Gasteiger charge is -2.09. The highest BCUT2D eigenvalue weighted by Crippen LogP contribution is 2.22. The van der Waals surface area contributed by atoms with Gasteiger partial charge < -0.3 is 10.1 Å². The summed E-state index contributed by atoms with van der Waals surface area (Å²) in [6.07, 6.45) is 1.60. The van der Waals surface area contributed by atoms with Crippen LogP contribution in [0.15, 0.2) is 96.1 Å². The van der Waals surface area contributed by atoms with Crippen LogP contribution >= 0.6 is 11.6 Å². The molecule has 0 aliphatic carbocycles. The summed E-state index contributed by atoms with van der Waals surface area (Å²) >= 11 is 5.89. The predicted molar refractivity (Wildman–Crippen MR) is 130 cm³/mol. The van der Waals surface area contributed by atoms with E-state index in [4.69, 9.17) is 16.3 Å². The summed E-state index contributed by atoms with van der Waals surface area (Å²) < 4.78 is 5.77. The largest absolute Gasteiger partial charge is 0.489 e. The predicted octanol–water partition coefficient (Wildman–Crippen LogP) is 5.63. The number of nitrogens with zero attached hydrogens (tertiary/aromatic N) is 1. The normalized spacial score (nSPS) is 10.9. The van der Waals surface area contributed by atoms with Crippen molar-refractivity contribution in [1.29, 1.82) is 0 Å². The molecule has 0 fully saturated rings. The monoisotopic (exact) mass is 443 g/mol. The molecule has 160 valence electrons. The number of benzene rings is 4. The standard InChI is InChI=1S/C26H22ClN3O2/c27-22-12-8-20(9-13-22)18-32-23-14-10-19(11-15-23)16-29-30-26(31)17-28-25-7-3-5-21-4-1-2-6-24(21)25/h1-16,28H,17-18H2,(H,30,31)/b29-16-. The van der Waals surface area contributed by atoms with Crippen molar-refractivity contribution in [2.75, 3.05) is 11.9 Å². The molecule has 0 heterocycles. The number of rotatable bonds is 8. The second kappa shape index (κ2) is 10.5. The summed E-state index contributed by atoms with van der Waals surface area (Å²) in [7, 11) is 0. The van der Waals surface area contributed by atoms with Crippen LogP contribution in [0.2, 0.25) is 5.02 Å². The molecular formula is C26H22ClN3O2. The molecule has 0 saturated carbocycles. The summed E-state index contributed by atoms with van der Waals surface area (Å²) in [6, 6.07) is 29.0. The van der Waals surface area contributed by atoms with Gasteiger partial charge in [0.1, 0.15) is 12.4 Å². The third-order valence-electron chi connectivity index (χ3n) is 4.83. The first kappa shape index (κ1) is 21.4. The van der Waals surface area contributed by atoms with Gasteiger partial charge in [0.05, 0.1) is 12.8 Å². The van der Waals surface area contributed by atoms with Crippen LogP contribution in [0.4, 0.5) is 5.69 Å². The van der Waals surface area contributed by atoms with Gasteiger partial charge in [0.25, 0.3) is 5.91 Å². The molecule has 6 heteroatoms. The van der Waals surface area contributed by atoms with Crippen LogP contribution in [0.25, 0.3) is 10.8 Å². The Bertz CT molecular complexity index is 1220. The van der Waals surface area contributed by atoms with E-state index in [1.807, 2.05) is 91.0 Å². The van der Waals surface area contributed by atoms with Gasteiger partial charge in [0, 0.05) is 16.1 Å². The molecule has 0 atom stereocenters. The van der Waals surface area contributed by atoms with Gasteiger partial charge >= 0.3 is 0 Å². The topological polar surface area (TPSA) is 62.7 Å². The van der Waals surface area contributed by atoms with Crippen LogP contribution in [-0.2, 0) is 11.4 Å². The van der Waals surface area contributed by atoms with Crippen LogP contribution in [-0.4, -0.2) is 18.7 Å². The molecule has 0 aliphatic rings. The Balaban J connectivity index is 1.24. The van der Waals surface area contributed by atoms with E-state index in [1.54, 1.807) is 6.21 Å². The number of anilines is 1. The molecule has 0 aliphatic heterocycles. The van der Waals surface area contributed by atoms with Gasteiger partial charge in [-0.25, -0.2) is 5.43 Å². The zero-order chi connectivity index (χ0) is 22.2. The number of hydrazone groups is 1. The van der Waals surface area contributed by atoms with E-state index in [2.05, 4.69) is 15.8 Å². The quantitative estimate of drug-likeness (QED) is 0.274. The summed E-state index contributed by atoms with van der Waals surface area (Å²) in [5.74, 6) is 0.525. The van der Waals surface area contributed by atoms with Gasteiger partial charge in [-0.2, -0.15) is 5.10 Å². The number of amides is 1. The lowest BCUT2D eigenvalue weighted by atomic mass is 10.1. The third kappa shape index (κ3) is 5.86. The highest BCUT2D eigenvalue weighted by Gasteiger charge is 2.03. The Morgan fingerprint density at radius 2 is 1.66 bits per heavy atom. The first-order chi connectivity index (χ1) is 15.7. The van der Waals surface area contributed by atoms with E-state index in [1.165, 1.54) is 0 Å². The molecule has 2 N–H and O–H groups in total. The molecule has 0 aromatic heterocycles. The molecule has 0 bridgehead atoms. The van der Waals surface area contributed by atoms with Crippen LogP contribution in [0, 0.1) is 0 Å². The Kier molecular flexibility index (Phi) is 7.00. The Morgan fingerprint density at radius 3 is 2.47 bits per heavy atom. The lowest BCUT2D eigenvalue weighted by molar-refractivity contribution is -0.119. The summed E-state index contributed by atoms with van der Waals surface area (Å²) in [5.41, 5.74) is 5.35. The van der Waals surface area contributed by atoms with Crippen LogP contribution < -0.4 is 15.5 Å². The van der Waals surface area contributed by atoms with Crippen molar-refractivity contribution in [1.82, 2.24) is 5.43 Å². The average Bonchev–Trinajstić information content (AvgIpc) is 2.83. The van der Waals surface area contributed by atoms with Crippen molar-refractivity contribution < 1.29 is 9.53 Å². The minimum absolute atomic E-state index is 0.128. The minimum Gasteiger partial charge on any atom is -0.489 e. The molecule has 0 radical (unpaired) electrons. The zero-order valence-electron chi connectivity index (χ0n) is 17.3. The summed E-state index contributed by atoms with van der Waals surface area (Å²) in [6.45, 7) is 0.590. The molecule has 0 spiro atoms. The number of carbonyl (C=O) groups excluding carboxylic acids is 1. The maximum atomic E-state index is 12.1. The van der Waals surface area contributed by atoms with Gasteiger partial charge in [0.2, 0.25) is 0 Å². The van der Waals surface area contributed by atoms with E-state index < -0.39 is 0 Å². The number of nitrogens with one attached hydrogen (secondary N) is 2. The van der Waals surface area contributed by atoms with Crippen molar-refractivity contribution >= 4 is 40.2 Å². The summed E-state index contributed by atoms with van der Waals surface area (Å²) in [4.78, 5) is 12.1. The van der Waals surface area contributed by atoms with Gasteiger partial charge in [-0.15, -0.1) is 0 Å². The first-order valence-electron chi connectivity index (χ1n) is 10.2. The summed E-state index contributed by atoms with van der Waals surface area (Å²) in [5, 5.41) is 10.1. The van der Waals surface area contributed by atoms with E-state index in [-0.39, 0.29) is 12.5 Å². The molecular weight excluding hydrogens is 422 g/mol. The molecule has 32 heavy (non-hydrogen) atoms. The van der Waals surface area contributed by atoms with Crippen LogP contribution in [0.1, 0.15) is 11.1 Å². The minimum atomic E-state index is -0.225. The van der Waals surface area contributed by atoms with E-state index in [0.29, 0.717) is 11.6 Å². The van der Waals surface area contributed by atoms with Crippen molar-refractivity contribution in [3.05, 3.63) is 107 Å². The van der Waals surface area contributed by atoms with Gasteiger partial charge in [-0.3, -0.25) is 4.79 Å². The first-order valence-corrected chi connectivity index (χ1v) is 10.6. The highest BCUT2D eigenvalue weighted by atomic mass is 35.5. The number of ether oxygens (including phenoxy) is 1. The smallest absolute Gasteiger partial charge is 0.259 e. The zero-order valence-corrected chi connectivity index (χ0v) is 18.0. The number of halogens is 1. The number of fused-ring (bicyclic) bond motifs is 1. The maximum Gasteiger partial charge on any atom is 0.259 e. The fourth-order valence-corrected chi connectivity index (χ4v) is 3.30. The van der Waals surface area contributed by atoms with E-state index >= 15 is 0 Å². The Labute approximate surface area is 191 Å². The molecule has 4 rings (SSSR count). The number of hydrogen-bond acceptors (Lipinski definition) is 4. The molecule has 4 aromatic carbocycles. The second-order valence-corrected chi connectivity index (χ2v) is 7.59. The number of carbonyl (C=O) groups is 1. The average molecular weight is 444 g/mol. The lowest BCUT2D eigenvalue weighted by Crippen LogP contribution is -2.25. The van der Waals surface area contributed by atoms with Crippen molar-refractivity contribution in [3.8, 4) is 5.75 Å². The fourth-order valence-electron chi connectivity index (χ4n) is 3.17. The van der Waals surface area contributed by atoms with Crippen molar-refractivity contribution in [2.24, 2.45) is 5.10 Å². The molecule has 0 unspecified atom stereocenters. The van der Waals surface area contributed by atoms with E-state index in [0.717, 1.165) is 33.3 Å². The van der Waals surface area contributed by atoms with Crippen molar-refractivity contribution in [3.63, 3.8) is 0 Å². The maximum absolute atomic E-state index is 12.1. The highest BCUT2D eigenvalue weighted by molar-refractivity contribution is 6.30. The molecule has 0 saturated heterocycles. The SMILES string of the molecule is O=C(CNc1cccc2ccccc12)N/N=C\c1ccc(OCc2ccc(Cl)cc2)cc1. The Morgan fingerprint density at radius 1 is 0.906 bits per heavy atom. The Hall–Kier alpha value is -3.83. The van der Waals surface area contributed by atoms with Gasteiger partial charge in [-0.05, 0) is 59.0 Å². The van der Waals surface area contributed by atoms with Crippen LogP contribution in [0.5, 0.6) is 5.75 Å². The van der Waals surface area contributed by atoms with Gasteiger partial charge in [-0.1, -0.05) is 60.1 Å².